The largest absolute Gasteiger partial charge is 0.598 e. The standard InChI is InChI=1S/C9H17NO3/c1-5-7(2)10(12,13)8(3)6-9(4)11/h5,7-8,12H,1,6H2,2-4H3. The maximum atomic E-state index is 11.5. The molecule has 3 atom stereocenters. The molecule has 13 heavy (non-hydrogen) atoms. The van der Waals surface area contributed by atoms with Crippen LogP contribution in [-0.4, -0.2) is 27.9 Å². The van der Waals surface area contributed by atoms with Crippen molar-refractivity contribution in [1.82, 2.24) is 0 Å². The Hall–Kier alpha value is -0.710. The molecule has 0 aliphatic carbocycles. The number of nitrogens with zero attached hydrogens (tertiary/aromatic N) is 1. The minimum absolute atomic E-state index is 0.0815. The van der Waals surface area contributed by atoms with Gasteiger partial charge in [0.05, 0.1) is 6.42 Å². The van der Waals surface area contributed by atoms with Crippen LogP contribution in [0.25, 0.3) is 0 Å². The van der Waals surface area contributed by atoms with Gasteiger partial charge in [-0.3, -0.25) is 4.79 Å². The molecule has 0 saturated heterocycles. The molecule has 0 spiro atoms. The molecular weight excluding hydrogens is 170 g/mol. The Bertz CT molecular complexity index is 201. The summed E-state index contributed by atoms with van der Waals surface area (Å²) in [6.07, 6.45) is 1.46. The number of Topliss-reactive ketones (excluding diaryl/α,β-unsaturated/α-hetero) is 1. The third-order valence-electron chi connectivity index (χ3n) is 2.14. The first kappa shape index (κ1) is 12.3. The number of carbonyl (C=O) groups is 1. The van der Waals surface area contributed by atoms with Gasteiger partial charge in [0.2, 0.25) is 0 Å². The molecule has 0 saturated carbocycles. The van der Waals surface area contributed by atoms with Crippen LogP contribution in [0.4, 0.5) is 0 Å². The van der Waals surface area contributed by atoms with Gasteiger partial charge in [-0.25, -0.2) is 10.0 Å². The van der Waals surface area contributed by atoms with Crippen molar-refractivity contribution >= 4 is 5.78 Å². The van der Waals surface area contributed by atoms with Crippen molar-refractivity contribution in [3.63, 3.8) is 0 Å². The van der Waals surface area contributed by atoms with E-state index >= 15 is 0 Å². The maximum absolute atomic E-state index is 11.5. The van der Waals surface area contributed by atoms with Gasteiger partial charge < -0.3 is 5.21 Å². The Morgan fingerprint density at radius 1 is 1.69 bits per heavy atom. The molecule has 0 bridgehead atoms. The predicted molar refractivity (Wildman–Crippen MR) is 49.8 cm³/mol. The lowest BCUT2D eigenvalue weighted by atomic mass is 10.1. The minimum atomic E-state index is -1.43. The molecule has 0 aromatic heterocycles. The highest BCUT2D eigenvalue weighted by atomic mass is 16.8. The van der Waals surface area contributed by atoms with Crippen LogP contribution in [0.5, 0.6) is 0 Å². The van der Waals surface area contributed by atoms with Gasteiger partial charge in [-0.15, -0.1) is 0 Å². The molecule has 0 radical (unpaired) electrons. The van der Waals surface area contributed by atoms with E-state index in [-0.39, 0.29) is 12.2 Å². The Balaban J connectivity index is 4.42. The molecule has 0 aliphatic heterocycles. The van der Waals surface area contributed by atoms with Gasteiger partial charge in [0.1, 0.15) is 17.9 Å². The van der Waals surface area contributed by atoms with Crippen molar-refractivity contribution in [2.24, 2.45) is 0 Å². The number of quaternary nitrogens is 1. The first-order valence-corrected chi connectivity index (χ1v) is 4.26. The topological polar surface area (TPSA) is 60.4 Å². The molecule has 0 aliphatic rings. The van der Waals surface area contributed by atoms with Crippen LogP contribution in [0.15, 0.2) is 12.7 Å². The SMILES string of the molecule is C=CC(C)[N+]([O-])(O)C(C)CC(C)=O. The van der Waals surface area contributed by atoms with Gasteiger partial charge in [-0.05, 0) is 26.8 Å². The number of carbonyl (C=O) groups excluding carboxylic acids is 1. The fourth-order valence-corrected chi connectivity index (χ4v) is 1.10. The first-order chi connectivity index (χ1) is 5.82. The number of hydrogen-bond acceptors (Lipinski definition) is 3. The second-order valence-electron chi connectivity index (χ2n) is 3.40. The summed E-state index contributed by atoms with van der Waals surface area (Å²) < 4.78 is 0. The molecule has 0 fully saturated rings. The lowest BCUT2D eigenvalue weighted by molar-refractivity contribution is -1.09. The monoisotopic (exact) mass is 187 g/mol. The summed E-state index contributed by atoms with van der Waals surface area (Å²) in [5.41, 5.74) is 0. The van der Waals surface area contributed by atoms with Gasteiger partial charge in [-0.2, -0.15) is 0 Å². The van der Waals surface area contributed by atoms with Crippen molar-refractivity contribution in [2.45, 2.75) is 39.3 Å². The van der Waals surface area contributed by atoms with Crippen LogP contribution in [0.1, 0.15) is 27.2 Å². The summed E-state index contributed by atoms with van der Waals surface area (Å²) in [7, 11) is 0. The van der Waals surface area contributed by atoms with E-state index < -0.39 is 16.9 Å². The Morgan fingerprint density at radius 2 is 2.15 bits per heavy atom. The molecule has 0 heterocycles. The Labute approximate surface area is 78.6 Å². The van der Waals surface area contributed by atoms with Crippen molar-refractivity contribution < 1.29 is 14.8 Å². The van der Waals surface area contributed by atoms with Gasteiger partial charge in [0, 0.05) is 0 Å². The zero-order valence-electron chi connectivity index (χ0n) is 8.36. The van der Waals surface area contributed by atoms with E-state index in [0.717, 1.165) is 0 Å². The van der Waals surface area contributed by atoms with Crippen molar-refractivity contribution in [1.29, 1.82) is 0 Å². The van der Waals surface area contributed by atoms with Crippen LogP contribution in [0.3, 0.4) is 0 Å². The average molecular weight is 187 g/mol. The van der Waals surface area contributed by atoms with Crippen LogP contribution >= 0.6 is 0 Å². The summed E-state index contributed by atoms with van der Waals surface area (Å²) in [4.78, 5) is 9.30. The second kappa shape index (κ2) is 4.50. The van der Waals surface area contributed by atoms with Gasteiger partial charge in [-0.1, -0.05) is 6.58 Å². The highest BCUT2D eigenvalue weighted by molar-refractivity contribution is 5.75. The minimum Gasteiger partial charge on any atom is -0.598 e. The highest BCUT2D eigenvalue weighted by Crippen LogP contribution is 2.17. The van der Waals surface area contributed by atoms with Crippen molar-refractivity contribution in [3.8, 4) is 0 Å². The van der Waals surface area contributed by atoms with E-state index in [1.165, 1.54) is 13.0 Å². The third-order valence-corrected chi connectivity index (χ3v) is 2.14. The van der Waals surface area contributed by atoms with Crippen LogP contribution < -0.4 is 0 Å². The fourth-order valence-electron chi connectivity index (χ4n) is 1.10. The summed E-state index contributed by atoms with van der Waals surface area (Å²) in [6.45, 7) is 7.94. The third kappa shape index (κ3) is 3.26. The Morgan fingerprint density at radius 3 is 2.46 bits per heavy atom. The van der Waals surface area contributed by atoms with E-state index in [1.807, 2.05) is 0 Å². The summed E-state index contributed by atoms with van der Waals surface area (Å²) in [5, 5.41) is 21.0. The highest BCUT2D eigenvalue weighted by Gasteiger charge is 2.29. The summed E-state index contributed by atoms with van der Waals surface area (Å²) >= 11 is 0. The zero-order valence-corrected chi connectivity index (χ0v) is 8.36. The number of ketones is 1. The Kier molecular flexibility index (Phi) is 4.26. The summed E-state index contributed by atoms with van der Waals surface area (Å²) in [5.74, 6) is -0.101. The van der Waals surface area contributed by atoms with Crippen molar-refractivity contribution in [2.75, 3.05) is 0 Å². The molecule has 76 valence electrons. The van der Waals surface area contributed by atoms with Crippen molar-refractivity contribution in [3.05, 3.63) is 17.9 Å². The maximum Gasteiger partial charge on any atom is 0.135 e. The average Bonchev–Trinajstić information content (AvgIpc) is 2.01. The molecular formula is C9H17NO3. The van der Waals surface area contributed by atoms with Gasteiger partial charge in [0.15, 0.2) is 0 Å². The van der Waals surface area contributed by atoms with Gasteiger partial charge >= 0.3 is 0 Å². The predicted octanol–water partition coefficient (Wildman–Crippen LogP) is 1.63. The van der Waals surface area contributed by atoms with E-state index in [0.29, 0.717) is 0 Å². The summed E-state index contributed by atoms with van der Waals surface area (Å²) in [6, 6.07) is -1.26. The van der Waals surface area contributed by atoms with Crippen LogP contribution in [0, 0.1) is 5.21 Å². The molecule has 0 amide bonds. The van der Waals surface area contributed by atoms with E-state index in [1.54, 1.807) is 13.8 Å². The molecule has 0 rings (SSSR count). The molecule has 1 N–H and O–H groups in total. The first-order valence-electron chi connectivity index (χ1n) is 4.26. The molecule has 4 nitrogen and oxygen atoms in total. The number of rotatable bonds is 5. The van der Waals surface area contributed by atoms with E-state index in [9.17, 15) is 15.2 Å². The number of hydroxylamine groups is 4. The fraction of sp³-hybridized carbons (Fsp3) is 0.667. The normalized spacial score (nSPS) is 20.1. The van der Waals surface area contributed by atoms with E-state index in [2.05, 4.69) is 6.58 Å². The van der Waals surface area contributed by atoms with E-state index in [4.69, 9.17) is 0 Å². The van der Waals surface area contributed by atoms with Crippen LogP contribution in [0.2, 0.25) is 0 Å². The van der Waals surface area contributed by atoms with Gasteiger partial charge in [0.25, 0.3) is 0 Å². The molecule has 4 heteroatoms. The lowest BCUT2D eigenvalue weighted by Gasteiger charge is -2.42. The smallest absolute Gasteiger partial charge is 0.135 e. The molecule has 0 aromatic carbocycles. The second-order valence-corrected chi connectivity index (χ2v) is 3.40. The zero-order chi connectivity index (χ0) is 10.6. The lowest BCUT2D eigenvalue weighted by Crippen LogP contribution is -2.52. The van der Waals surface area contributed by atoms with Crippen LogP contribution in [-0.2, 0) is 4.79 Å². The quantitative estimate of drug-likeness (QED) is 0.404. The molecule has 3 unspecified atom stereocenters. The molecule has 0 aromatic rings. The number of hydrogen-bond donors (Lipinski definition) is 1.